The SMILES string of the molecule is CCCC(F)(F)F.COc1cc(CN2CC3(C2)CC(F)(F)C3)cc(OC)c1-c1cccc2c(CCC(=O)O)cccc12.Cc1cc(N)cc(F)c1C(N)=O. The van der Waals surface area contributed by atoms with Crippen LogP contribution >= 0.6 is 0 Å². The number of carboxylic acids is 1. The van der Waals surface area contributed by atoms with Gasteiger partial charge < -0.3 is 26.0 Å². The predicted molar refractivity (Wildman–Crippen MR) is 195 cm³/mol. The number of likely N-dealkylation sites (tertiary alicyclic amines) is 1. The average Bonchev–Trinajstić information content (AvgIpc) is 3.04. The second-order valence-electron chi connectivity index (χ2n) is 13.9. The van der Waals surface area contributed by atoms with E-state index in [0.29, 0.717) is 43.1 Å². The Morgan fingerprint density at radius 1 is 0.944 bits per heavy atom. The van der Waals surface area contributed by atoms with Crippen molar-refractivity contribution in [1.29, 1.82) is 0 Å². The summed E-state index contributed by atoms with van der Waals surface area (Å²) in [5.41, 5.74) is 14.5. The van der Waals surface area contributed by atoms with Crippen LogP contribution in [0.3, 0.4) is 0 Å². The molecule has 0 radical (unpaired) electrons. The predicted octanol–water partition coefficient (Wildman–Crippen LogP) is 8.94. The Morgan fingerprint density at radius 2 is 1.54 bits per heavy atom. The first-order valence-corrected chi connectivity index (χ1v) is 17.3. The molecular formula is C40H45F6N3O5. The lowest BCUT2D eigenvalue weighted by molar-refractivity contribution is -0.214. The fraction of sp³-hybridized carbons (Fsp3) is 0.400. The minimum Gasteiger partial charge on any atom is -0.496 e. The number of benzene rings is 4. The molecule has 4 aromatic rings. The molecule has 1 amide bonds. The number of nitrogens with zero attached hydrogens (tertiary/aromatic N) is 1. The van der Waals surface area contributed by atoms with E-state index < -0.39 is 36.2 Å². The number of nitrogen functional groups attached to an aromatic ring is 1. The van der Waals surface area contributed by atoms with Crippen molar-refractivity contribution in [3.63, 3.8) is 0 Å². The number of rotatable bonds is 10. The zero-order valence-electron chi connectivity index (χ0n) is 30.6. The molecule has 292 valence electrons. The topological polar surface area (TPSA) is 128 Å². The monoisotopic (exact) mass is 761 g/mol. The normalized spacial score (nSPS) is 15.5. The number of carbonyl (C=O) groups excluding carboxylic acids is 1. The summed E-state index contributed by atoms with van der Waals surface area (Å²) in [6.45, 7) is 5.12. The van der Waals surface area contributed by atoms with Crippen molar-refractivity contribution in [2.75, 3.05) is 33.0 Å². The van der Waals surface area contributed by atoms with Crippen LogP contribution in [0.25, 0.3) is 21.9 Å². The fourth-order valence-electron chi connectivity index (χ4n) is 7.28. The van der Waals surface area contributed by atoms with Gasteiger partial charge in [-0.15, -0.1) is 0 Å². The maximum Gasteiger partial charge on any atom is 0.389 e. The minimum atomic E-state index is -3.95. The molecule has 14 heteroatoms. The van der Waals surface area contributed by atoms with E-state index in [9.17, 15) is 35.9 Å². The molecule has 5 N–H and O–H groups in total. The number of aryl methyl sites for hydroxylation is 2. The highest BCUT2D eigenvalue weighted by molar-refractivity contribution is 6.01. The Balaban J connectivity index is 0.000000281. The summed E-state index contributed by atoms with van der Waals surface area (Å²) in [5.74, 6) is -3.41. The van der Waals surface area contributed by atoms with Crippen LogP contribution in [0.4, 0.5) is 32.0 Å². The number of hydrogen-bond donors (Lipinski definition) is 3. The Kier molecular flexibility index (Phi) is 13.2. The number of halogens is 6. The number of primary amides is 1. The van der Waals surface area contributed by atoms with Crippen LogP contribution in [0.5, 0.6) is 11.5 Å². The number of aliphatic carboxylic acids is 1. The lowest BCUT2D eigenvalue weighted by atomic mass is 9.61. The third kappa shape index (κ3) is 10.4. The van der Waals surface area contributed by atoms with Gasteiger partial charge in [0.05, 0.1) is 25.3 Å². The van der Waals surface area contributed by atoms with Crippen molar-refractivity contribution in [1.82, 2.24) is 4.90 Å². The molecule has 2 fully saturated rings. The third-order valence-electron chi connectivity index (χ3n) is 9.34. The van der Waals surface area contributed by atoms with Gasteiger partial charge in [-0.1, -0.05) is 43.3 Å². The van der Waals surface area contributed by atoms with Crippen molar-refractivity contribution >= 4 is 28.3 Å². The number of nitrogens with two attached hydrogens (primary N) is 2. The standard InChI is InChI=1S/C28H29F2NO4.C8H9FN2O.C4H7F3/c1-34-23-11-18(13-31-16-27(17-31)14-28(29,30)15-27)12-24(35-2)26(23)22-8-4-6-20-19(9-10-25(32)33)5-3-7-21(20)22;1-4-2-5(10)3-6(9)7(4)8(11)12;1-2-3-4(5,6)7/h3-8,11-12H,9-10,13-17H2,1-2H3,(H,32,33);2-3H,10H2,1H3,(H2,11,12);2-3H2,1H3. The molecule has 0 unspecified atom stereocenters. The molecule has 6 rings (SSSR count). The highest BCUT2D eigenvalue weighted by atomic mass is 19.4. The summed E-state index contributed by atoms with van der Waals surface area (Å²) < 4.78 is 84.4. The summed E-state index contributed by atoms with van der Waals surface area (Å²) in [7, 11) is 3.25. The number of amides is 1. The molecule has 1 saturated heterocycles. The maximum absolute atomic E-state index is 13.3. The van der Waals surface area contributed by atoms with Gasteiger partial charge in [-0.3, -0.25) is 14.5 Å². The van der Waals surface area contributed by atoms with E-state index in [1.165, 1.54) is 13.0 Å². The zero-order valence-corrected chi connectivity index (χ0v) is 30.6. The molecule has 0 atom stereocenters. The first kappa shape index (κ1) is 41.8. The Labute approximate surface area is 310 Å². The molecule has 0 aromatic heterocycles. The second-order valence-corrected chi connectivity index (χ2v) is 13.9. The Bertz CT molecular complexity index is 1920. The molecule has 1 aliphatic heterocycles. The van der Waals surface area contributed by atoms with Crippen molar-refractivity contribution in [3.05, 3.63) is 88.7 Å². The number of fused-ring (bicyclic) bond motifs is 1. The third-order valence-corrected chi connectivity index (χ3v) is 9.34. The number of methoxy groups -OCH3 is 2. The number of ether oxygens (including phenoxy) is 2. The molecule has 8 nitrogen and oxygen atoms in total. The van der Waals surface area contributed by atoms with Gasteiger partial charge in [0.15, 0.2) is 0 Å². The van der Waals surface area contributed by atoms with Gasteiger partial charge in [-0.25, -0.2) is 13.2 Å². The van der Waals surface area contributed by atoms with E-state index in [4.69, 9.17) is 26.0 Å². The smallest absolute Gasteiger partial charge is 0.389 e. The van der Waals surface area contributed by atoms with Gasteiger partial charge in [-0.05, 0) is 77.1 Å². The van der Waals surface area contributed by atoms with Crippen LogP contribution in [0.2, 0.25) is 0 Å². The summed E-state index contributed by atoms with van der Waals surface area (Å²) in [6, 6.07) is 18.5. The maximum atomic E-state index is 13.3. The number of carboxylic acid groups (broad SMARTS) is 1. The van der Waals surface area contributed by atoms with E-state index in [1.54, 1.807) is 21.1 Å². The number of anilines is 1. The van der Waals surface area contributed by atoms with E-state index in [2.05, 4.69) is 4.90 Å². The largest absolute Gasteiger partial charge is 0.496 e. The summed E-state index contributed by atoms with van der Waals surface area (Å²) in [4.78, 5) is 24.0. The summed E-state index contributed by atoms with van der Waals surface area (Å²) in [6.07, 6.45) is -3.91. The Hall–Kier alpha value is -4.98. The molecule has 54 heavy (non-hydrogen) atoms. The first-order chi connectivity index (χ1) is 25.3. The fourth-order valence-corrected chi connectivity index (χ4v) is 7.28. The van der Waals surface area contributed by atoms with Crippen LogP contribution < -0.4 is 20.9 Å². The lowest BCUT2D eigenvalue weighted by Crippen LogP contribution is -2.65. The second kappa shape index (κ2) is 17.0. The molecule has 1 heterocycles. The van der Waals surface area contributed by atoms with Crippen LogP contribution in [0.15, 0.2) is 60.7 Å². The minimum absolute atomic E-state index is 0.00237. The molecular weight excluding hydrogens is 716 g/mol. The van der Waals surface area contributed by atoms with E-state index in [1.807, 2.05) is 48.5 Å². The first-order valence-electron chi connectivity index (χ1n) is 17.3. The van der Waals surface area contributed by atoms with Gasteiger partial charge in [-0.2, -0.15) is 13.2 Å². The number of alkyl halides is 5. The average molecular weight is 762 g/mol. The highest BCUT2D eigenvalue weighted by Crippen LogP contribution is 2.57. The zero-order chi connectivity index (χ0) is 40.0. The highest BCUT2D eigenvalue weighted by Gasteiger charge is 2.61. The van der Waals surface area contributed by atoms with Crippen molar-refractivity contribution < 1.29 is 50.5 Å². The molecule has 1 aliphatic carbocycles. The molecule has 1 saturated carbocycles. The summed E-state index contributed by atoms with van der Waals surface area (Å²) >= 11 is 0. The summed E-state index contributed by atoms with van der Waals surface area (Å²) in [5, 5.41) is 11.1. The molecule has 1 spiro atoms. The molecule has 2 aliphatic rings. The van der Waals surface area contributed by atoms with E-state index >= 15 is 0 Å². The van der Waals surface area contributed by atoms with Gasteiger partial charge >= 0.3 is 12.1 Å². The van der Waals surface area contributed by atoms with Crippen LogP contribution in [-0.4, -0.2) is 61.3 Å². The van der Waals surface area contributed by atoms with Gasteiger partial charge in [0.2, 0.25) is 5.92 Å². The van der Waals surface area contributed by atoms with Gasteiger partial charge in [0.1, 0.15) is 17.3 Å². The van der Waals surface area contributed by atoms with Crippen molar-refractivity contribution in [2.45, 2.75) is 71.0 Å². The van der Waals surface area contributed by atoms with E-state index in [0.717, 1.165) is 39.1 Å². The van der Waals surface area contributed by atoms with Crippen molar-refractivity contribution in [2.24, 2.45) is 11.1 Å². The Morgan fingerprint density at radius 3 is 2.02 bits per heavy atom. The number of carbonyl (C=O) groups is 2. The quantitative estimate of drug-likeness (QED) is 0.109. The molecule has 4 aromatic carbocycles. The van der Waals surface area contributed by atoms with E-state index in [-0.39, 0.29) is 42.3 Å². The van der Waals surface area contributed by atoms with Crippen molar-refractivity contribution in [3.8, 4) is 22.6 Å². The molecule has 0 bridgehead atoms. The van der Waals surface area contributed by atoms with Gasteiger partial charge in [0, 0.05) is 56.4 Å². The lowest BCUT2D eigenvalue weighted by Gasteiger charge is -2.58. The van der Waals surface area contributed by atoms with Crippen LogP contribution in [0.1, 0.15) is 66.1 Å². The number of hydrogen-bond acceptors (Lipinski definition) is 6. The van der Waals surface area contributed by atoms with Crippen LogP contribution in [0, 0.1) is 18.2 Å². The van der Waals surface area contributed by atoms with Crippen LogP contribution in [-0.2, 0) is 17.8 Å². The van der Waals surface area contributed by atoms with Gasteiger partial charge in [0.25, 0.3) is 5.91 Å².